The molecule has 0 aliphatic heterocycles. The Bertz CT molecular complexity index is 427. The van der Waals surface area contributed by atoms with Crippen LogP contribution in [0.3, 0.4) is 0 Å². The molecule has 0 heterocycles. The number of hydrogen-bond acceptors (Lipinski definition) is 2. The van der Waals surface area contributed by atoms with Crippen LogP contribution in [-0.4, -0.2) is 12.2 Å². The molecule has 2 nitrogen and oxygen atoms in total. The topological polar surface area (TPSA) is 29.5 Å². The smallest absolute Gasteiger partial charge is 0.118 e. The zero-order valence-electron chi connectivity index (χ0n) is 12.8. The lowest BCUT2D eigenvalue weighted by Crippen LogP contribution is -2.55. The maximum absolute atomic E-state index is 11.5. The van der Waals surface area contributed by atoms with Crippen LogP contribution in [0, 0.1) is 10.8 Å². The fraction of sp³-hybridized carbons (Fsp3) is 0.647. The number of hydrogen-bond donors (Lipinski definition) is 1. The molecule has 0 saturated heterocycles. The molecule has 0 aromatic heterocycles. The Labute approximate surface area is 116 Å². The standard InChI is InChI=1S/C17H26O2/c1-15(2)11-6-12-16(3,4)17(15,18)13-7-9-14(19-5)10-8-13/h7-10,18H,6,11-12H2,1-5H3. The average Bonchev–Trinajstić information content (AvgIpc) is 2.35. The minimum Gasteiger partial charge on any atom is -0.497 e. The molecule has 19 heavy (non-hydrogen) atoms. The third-order valence-electron chi connectivity index (χ3n) is 5.07. The third kappa shape index (κ3) is 2.06. The van der Waals surface area contributed by atoms with Gasteiger partial charge in [0.25, 0.3) is 0 Å². The van der Waals surface area contributed by atoms with E-state index in [-0.39, 0.29) is 10.8 Å². The van der Waals surface area contributed by atoms with Crippen LogP contribution < -0.4 is 4.74 Å². The van der Waals surface area contributed by atoms with Crippen molar-refractivity contribution in [3.63, 3.8) is 0 Å². The number of benzene rings is 1. The Morgan fingerprint density at radius 3 is 1.84 bits per heavy atom. The molecule has 1 aromatic carbocycles. The normalized spacial score (nSPS) is 23.9. The first-order valence-corrected chi connectivity index (χ1v) is 7.11. The molecule has 1 aliphatic rings. The first-order chi connectivity index (χ1) is 8.74. The molecule has 1 N–H and O–H groups in total. The van der Waals surface area contributed by atoms with Gasteiger partial charge in [-0.05, 0) is 41.4 Å². The fourth-order valence-electron chi connectivity index (χ4n) is 3.86. The van der Waals surface area contributed by atoms with Crippen LogP contribution in [0.1, 0.15) is 52.5 Å². The number of rotatable bonds is 2. The van der Waals surface area contributed by atoms with Crippen molar-refractivity contribution in [1.82, 2.24) is 0 Å². The molecule has 0 radical (unpaired) electrons. The van der Waals surface area contributed by atoms with Gasteiger partial charge in [0.05, 0.1) is 12.7 Å². The first kappa shape index (κ1) is 14.4. The lowest BCUT2D eigenvalue weighted by atomic mass is 9.52. The van der Waals surface area contributed by atoms with Crippen molar-refractivity contribution in [2.24, 2.45) is 10.8 Å². The van der Waals surface area contributed by atoms with E-state index in [1.807, 2.05) is 24.3 Å². The number of methoxy groups -OCH3 is 1. The fourth-order valence-corrected chi connectivity index (χ4v) is 3.86. The Kier molecular flexibility index (Phi) is 3.42. The summed E-state index contributed by atoms with van der Waals surface area (Å²) in [6, 6.07) is 7.89. The highest BCUT2D eigenvalue weighted by atomic mass is 16.5. The molecule has 0 unspecified atom stereocenters. The average molecular weight is 262 g/mol. The number of aliphatic hydroxyl groups is 1. The van der Waals surface area contributed by atoms with Gasteiger partial charge >= 0.3 is 0 Å². The van der Waals surface area contributed by atoms with Crippen LogP contribution >= 0.6 is 0 Å². The molecule has 1 fully saturated rings. The highest BCUT2D eigenvalue weighted by molar-refractivity contribution is 5.34. The molecular weight excluding hydrogens is 236 g/mol. The summed E-state index contributed by atoms with van der Waals surface area (Å²) in [4.78, 5) is 0. The maximum Gasteiger partial charge on any atom is 0.118 e. The summed E-state index contributed by atoms with van der Waals surface area (Å²) >= 11 is 0. The molecule has 1 aromatic rings. The van der Waals surface area contributed by atoms with E-state index in [2.05, 4.69) is 27.7 Å². The monoisotopic (exact) mass is 262 g/mol. The largest absolute Gasteiger partial charge is 0.497 e. The summed E-state index contributed by atoms with van der Waals surface area (Å²) in [6.07, 6.45) is 3.29. The first-order valence-electron chi connectivity index (χ1n) is 7.11. The van der Waals surface area contributed by atoms with Gasteiger partial charge in [-0.15, -0.1) is 0 Å². The number of ether oxygens (including phenoxy) is 1. The second-order valence-electron chi connectivity index (χ2n) is 7.06. The summed E-state index contributed by atoms with van der Waals surface area (Å²) in [5.74, 6) is 0.832. The SMILES string of the molecule is COc1ccc(C2(O)C(C)(C)CCCC2(C)C)cc1. The van der Waals surface area contributed by atoms with Crippen LogP contribution in [0.5, 0.6) is 5.75 Å². The molecular formula is C17H26O2. The summed E-state index contributed by atoms with van der Waals surface area (Å²) in [6.45, 7) is 8.71. The van der Waals surface area contributed by atoms with E-state index < -0.39 is 5.60 Å². The second-order valence-corrected chi connectivity index (χ2v) is 7.06. The van der Waals surface area contributed by atoms with Gasteiger partial charge in [-0.3, -0.25) is 0 Å². The van der Waals surface area contributed by atoms with Crippen molar-refractivity contribution in [2.75, 3.05) is 7.11 Å². The van der Waals surface area contributed by atoms with Crippen LogP contribution in [0.4, 0.5) is 0 Å². The van der Waals surface area contributed by atoms with Gasteiger partial charge in [0.15, 0.2) is 0 Å². The highest BCUT2D eigenvalue weighted by Crippen LogP contribution is 2.59. The Morgan fingerprint density at radius 1 is 0.947 bits per heavy atom. The van der Waals surface area contributed by atoms with E-state index in [9.17, 15) is 5.11 Å². The van der Waals surface area contributed by atoms with Gasteiger partial charge in [0, 0.05) is 0 Å². The van der Waals surface area contributed by atoms with Gasteiger partial charge in [-0.1, -0.05) is 46.2 Å². The van der Waals surface area contributed by atoms with Crippen molar-refractivity contribution in [1.29, 1.82) is 0 Å². The van der Waals surface area contributed by atoms with Gasteiger partial charge in [0.1, 0.15) is 5.75 Å². The minimum atomic E-state index is -0.801. The quantitative estimate of drug-likeness (QED) is 0.868. The van der Waals surface area contributed by atoms with Crippen LogP contribution in [0.15, 0.2) is 24.3 Å². The third-order valence-corrected chi connectivity index (χ3v) is 5.07. The Morgan fingerprint density at radius 2 is 1.42 bits per heavy atom. The molecule has 0 bridgehead atoms. The predicted molar refractivity (Wildman–Crippen MR) is 78.3 cm³/mol. The Hall–Kier alpha value is -1.02. The molecule has 1 aliphatic carbocycles. The highest BCUT2D eigenvalue weighted by Gasteiger charge is 2.56. The van der Waals surface area contributed by atoms with Crippen molar-refractivity contribution in [3.05, 3.63) is 29.8 Å². The van der Waals surface area contributed by atoms with Gasteiger partial charge < -0.3 is 9.84 Å². The summed E-state index contributed by atoms with van der Waals surface area (Å²) in [7, 11) is 1.66. The lowest BCUT2D eigenvalue weighted by Gasteiger charge is -2.56. The van der Waals surface area contributed by atoms with Crippen LogP contribution in [0.2, 0.25) is 0 Å². The van der Waals surface area contributed by atoms with Gasteiger partial charge in [-0.25, -0.2) is 0 Å². The van der Waals surface area contributed by atoms with Crippen molar-refractivity contribution in [2.45, 2.75) is 52.6 Å². The summed E-state index contributed by atoms with van der Waals surface area (Å²) in [5.41, 5.74) is -0.0417. The van der Waals surface area contributed by atoms with E-state index in [1.165, 1.54) is 6.42 Å². The minimum absolute atomic E-state index is 0.122. The van der Waals surface area contributed by atoms with E-state index >= 15 is 0 Å². The van der Waals surface area contributed by atoms with Crippen LogP contribution in [0.25, 0.3) is 0 Å². The lowest BCUT2D eigenvalue weighted by molar-refractivity contribution is -0.185. The van der Waals surface area contributed by atoms with Crippen LogP contribution in [-0.2, 0) is 5.60 Å². The zero-order chi connectivity index (χ0) is 14.3. The molecule has 106 valence electrons. The maximum atomic E-state index is 11.5. The van der Waals surface area contributed by atoms with Crippen molar-refractivity contribution in [3.8, 4) is 5.75 Å². The van der Waals surface area contributed by atoms with E-state index in [4.69, 9.17) is 4.74 Å². The molecule has 2 rings (SSSR count). The molecule has 1 saturated carbocycles. The van der Waals surface area contributed by atoms with Gasteiger partial charge in [0.2, 0.25) is 0 Å². The Balaban J connectivity index is 2.52. The zero-order valence-corrected chi connectivity index (χ0v) is 12.8. The van der Waals surface area contributed by atoms with E-state index in [1.54, 1.807) is 7.11 Å². The molecule has 0 spiro atoms. The van der Waals surface area contributed by atoms with Crippen molar-refractivity contribution < 1.29 is 9.84 Å². The molecule has 0 atom stereocenters. The molecule has 2 heteroatoms. The van der Waals surface area contributed by atoms with E-state index in [0.717, 1.165) is 24.2 Å². The summed E-state index contributed by atoms with van der Waals surface area (Å²) in [5, 5.41) is 11.5. The summed E-state index contributed by atoms with van der Waals surface area (Å²) < 4.78 is 5.21. The van der Waals surface area contributed by atoms with E-state index in [0.29, 0.717) is 0 Å². The van der Waals surface area contributed by atoms with Crippen molar-refractivity contribution >= 4 is 0 Å². The van der Waals surface area contributed by atoms with Gasteiger partial charge in [-0.2, -0.15) is 0 Å². The molecule has 0 amide bonds. The second kappa shape index (κ2) is 4.52. The predicted octanol–water partition coefficient (Wildman–Crippen LogP) is 4.12.